The first-order chi connectivity index (χ1) is 12.8. The lowest BCUT2D eigenvalue weighted by molar-refractivity contribution is 0.521. The van der Waals surface area contributed by atoms with Crippen LogP contribution in [0.15, 0.2) is 91.0 Å². The quantitative estimate of drug-likeness (QED) is 0.348. The molecule has 0 aliphatic heterocycles. The van der Waals surface area contributed by atoms with Gasteiger partial charge in [0.15, 0.2) is 0 Å². The van der Waals surface area contributed by atoms with Crippen LogP contribution in [0.25, 0.3) is 0 Å². The fraction of sp³-hybridized carbons (Fsp3) is 0.250. The summed E-state index contributed by atoms with van der Waals surface area (Å²) in [4.78, 5) is 0.848. The van der Waals surface area contributed by atoms with Crippen molar-refractivity contribution >= 4 is 39.8 Å². The van der Waals surface area contributed by atoms with Crippen molar-refractivity contribution in [2.45, 2.75) is 36.9 Å². The zero-order valence-electron chi connectivity index (χ0n) is 15.1. The van der Waals surface area contributed by atoms with Crippen LogP contribution in [0.3, 0.4) is 0 Å². The predicted molar refractivity (Wildman–Crippen MR) is 121 cm³/mol. The van der Waals surface area contributed by atoms with Gasteiger partial charge in [-0.2, -0.15) is 0 Å². The van der Waals surface area contributed by atoms with Crippen LogP contribution in [0.5, 0.6) is 0 Å². The standard InChI is InChI=1S/C18H15P.C6H11Br/c1-4-10-16(11-5-1)19(17-12-6-2-7-13-17)18-14-8-3-9-15-18;7-6-4-2-1-3-5-6/h1-15H;6H,1-5H2. The number of halogens is 1. The van der Waals surface area contributed by atoms with Crippen LogP contribution in [0.2, 0.25) is 0 Å². The fourth-order valence-electron chi connectivity index (χ4n) is 3.23. The third kappa shape index (κ3) is 5.79. The molecule has 3 aromatic rings. The predicted octanol–water partition coefficient (Wildman–Crippen LogP) is 6.16. The van der Waals surface area contributed by atoms with Crippen molar-refractivity contribution < 1.29 is 0 Å². The van der Waals surface area contributed by atoms with Gasteiger partial charge in [0, 0.05) is 4.83 Å². The Morgan fingerprint density at radius 1 is 0.538 bits per heavy atom. The van der Waals surface area contributed by atoms with Crippen LogP contribution < -0.4 is 15.9 Å². The largest absolute Gasteiger partial charge is 0.0891 e. The molecule has 0 amide bonds. The Balaban J connectivity index is 0.000000236. The zero-order chi connectivity index (χ0) is 18.0. The minimum absolute atomic E-state index is 0.446. The smallest absolute Gasteiger partial charge is 0.0145 e. The molecule has 1 fully saturated rings. The molecular formula is C24H26BrP. The molecule has 0 atom stereocenters. The van der Waals surface area contributed by atoms with Gasteiger partial charge in [0.25, 0.3) is 0 Å². The van der Waals surface area contributed by atoms with E-state index in [0.29, 0.717) is 0 Å². The highest BCUT2D eigenvalue weighted by Crippen LogP contribution is 2.32. The SMILES string of the molecule is BrC1CCCCC1.c1ccc(P(c2ccccc2)c2ccccc2)cc1. The first-order valence-electron chi connectivity index (χ1n) is 9.44. The van der Waals surface area contributed by atoms with Crippen LogP contribution >= 0.6 is 23.9 Å². The Bertz CT molecular complexity index is 643. The summed E-state index contributed by atoms with van der Waals surface area (Å²) in [6.45, 7) is 0. The molecule has 4 rings (SSSR count). The molecule has 3 aromatic carbocycles. The van der Waals surface area contributed by atoms with Gasteiger partial charge >= 0.3 is 0 Å². The van der Waals surface area contributed by atoms with Gasteiger partial charge in [-0.3, -0.25) is 0 Å². The van der Waals surface area contributed by atoms with Gasteiger partial charge in [-0.1, -0.05) is 126 Å². The van der Waals surface area contributed by atoms with Gasteiger partial charge < -0.3 is 0 Å². The van der Waals surface area contributed by atoms with Crippen molar-refractivity contribution in [2.24, 2.45) is 0 Å². The summed E-state index contributed by atoms with van der Waals surface area (Å²) in [6, 6.07) is 32.3. The Labute approximate surface area is 167 Å². The van der Waals surface area contributed by atoms with E-state index in [-0.39, 0.29) is 0 Å². The van der Waals surface area contributed by atoms with E-state index in [1.54, 1.807) is 0 Å². The van der Waals surface area contributed by atoms with Gasteiger partial charge in [0.1, 0.15) is 0 Å². The molecule has 26 heavy (non-hydrogen) atoms. The average Bonchev–Trinajstić information content (AvgIpc) is 2.72. The van der Waals surface area contributed by atoms with E-state index in [4.69, 9.17) is 0 Å². The number of hydrogen-bond acceptors (Lipinski definition) is 0. The first kappa shape index (κ1) is 19.3. The molecule has 0 saturated heterocycles. The Morgan fingerprint density at radius 2 is 0.885 bits per heavy atom. The van der Waals surface area contributed by atoms with E-state index >= 15 is 0 Å². The average molecular weight is 425 g/mol. The summed E-state index contributed by atoms with van der Waals surface area (Å²) in [5.41, 5.74) is 0. The van der Waals surface area contributed by atoms with Crippen LogP contribution in [-0.2, 0) is 0 Å². The van der Waals surface area contributed by atoms with Crippen molar-refractivity contribution in [3.05, 3.63) is 91.0 Å². The van der Waals surface area contributed by atoms with Gasteiger partial charge in [-0.15, -0.1) is 0 Å². The third-order valence-corrected chi connectivity index (χ3v) is 7.94. The van der Waals surface area contributed by atoms with E-state index in [0.717, 1.165) is 4.83 Å². The summed E-state index contributed by atoms with van der Waals surface area (Å²) >= 11 is 3.59. The Kier molecular flexibility index (Phi) is 7.92. The highest BCUT2D eigenvalue weighted by atomic mass is 79.9. The van der Waals surface area contributed by atoms with E-state index < -0.39 is 7.92 Å². The van der Waals surface area contributed by atoms with Crippen molar-refractivity contribution in [3.8, 4) is 0 Å². The molecule has 0 heterocycles. The fourth-order valence-corrected chi connectivity index (χ4v) is 6.18. The molecule has 134 valence electrons. The summed E-state index contributed by atoms with van der Waals surface area (Å²) in [5, 5.41) is 4.19. The van der Waals surface area contributed by atoms with Crippen molar-refractivity contribution in [1.82, 2.24) is 0 Å². The van der Waals surface area contributed by atoms with Crippen LogP contribution in [-0.4, -0.2) is 4.83 Å². The molecule has 0 nitrogen and oxygen atoms in total. The maximum Gasteiger partial charge on any atom is 0.0145 e. The van der Waals surface area contributed by atoms with Gasteiger partial charge in [0.2, 0.25) is 0 Å². The van der Waals surface area contributed by atoms with Crippen LogP contribution in [0.1, 0.15) is 32.1 Å². The third-order valence-electron chi connectivity index (χ3n) is 4.58. The van der Waals surface area contributed by atoms with Crippen LogP contribution in [0, 0.1) is 0 Å². The second kappa shape index (κ2) is 10.7. The van der Waals surface area contributed by atoms with Gasteiger partial charge in [0.05, 0.1) is 0 Å². The topological polar surface area (TPSA) is 0 Å². The van der Waals surface area contributed by atoms with E-state index in [1.165, 1.54) is 48.0 Å². The molecule has 1 aliphatic carbocycles. The number of hydrogen-bond donors (Lipinski definition) is 0. The molecule has 0 N–H and O–H groups in total. The van der Waals surface area contributed by atoms with Gasteiger partial charge in [-0.05, 0) is 36.7 Å². The van der Waals surface area contributed by atoms with Crippen molar-refractivity contribution in [2.75, 3.05) is 0 Å². The van der Waals surface area contributed by atoms with Crippen molar-refractivity contribution in [3.63, 3.8) is 0 Å². The first-order valence-corrected chi connectivity index (χ1v) is 11.7. The molecule has 1 aliphatic rings. The van der Waals surface area contributed by atoms with E-state index in [2.05, 4.69) is 107 Å². The summed E-state index contributed by atoms with van der Waals surface area (Å²) < 4.78 is 0. The second-order valence-corrected chi connectivity index (χ2v) is 10.1. The zero-order valence-corrected chi connectivity index (χ0v) is 17.6. The molecular weight excluding hydrogens is 399 g/mol. The maximum absolute atomic E-state index is 3.59. The molecule has 0 radical (unpaired) electrons. The molecule has 0 spiro atoms. The summed E-state index contributed by atoms with van der Waals surface area (Å²) in [5.74, 6) is 0. The second-order valence-electron chi connectivity index (χ2n) is 6.58. The van der Waals surface area contributed by atoms with Gasteiger partial charge in [-0.25, -0.2) is 0 Å². The molecule has 0 bridgehead atoms. The molecule has 1 saturated carbocycles. The molecule has 2 heteroatoms. The monoisotopic (exact) mass is 424 g/mol. The lowest BCUT2D eigenvalue weighted by Crippen LogP contribution is -2.20. The normalized spacial score (nSPS) is 14.5. The maximum atomic E-state index is 3.59. The minimum Gasteiger partial charge on any atom is -0.0891 e. The van der Waals surface area contributed by atoms with Crippen LogP contribution in [0.4, 0.5) is 0 Å². The minimum atomic E-state index is -0.446. The van der Waals surface area contributed by atoms with Crippen molar-refractivity contribution in [1.29, 1.82) is 0 Å². The lowest BCUT2D eigenvalue weighted by Gasteiger charge is -2.18. The summed E-state index contributed by atoms with van der Waals surface area (Å²) in [7, 11) is -0.446. The lowest BCUT2D eigenvalue weighted by atomic mass is 10.0. The highest BCUT2D eigenvalue weighted by Gasteiger charge is 2.15. The van der Waals surface area contributed by atoms with E-state index in [1.807, 2.05) is 0 Å². The molecule has 0 unspecified atom stereocenters. The Hall–Kier alpha value is -1.43. The molecule has 0 aromatic heterocycles. The number of rotatable bonds is 3. The number of alkyl halides is 1. The Morgan fingerprint density at radius 3 is 1.15 bits per heavy atom. The summed E-state index contributed by atoms with van der Waals surface area (Å²) in [6.07, 6.45) is 7.15. The van der Waals surface area contributed by atoms with E-state index in [9.17, 15) is 0 Å². The highest BCUT2D eigenvalue weighted by molar-refractivity contribution is 9.09. The number of benzene rings is 3.